The number of carbonyl (C=O) groups excluding carboxylic acids is 1. The predicted molar refractivity (Wildman–Crippen MR) is 106 cm³/mol. The summed E-state index contributed by atoms with van der Waals surface area (Å²) in [7, 11) is 0. The minimum Gasteiger partial charge on any atom is -0.474 e. The van der Waals surface area contributed by atoms with Crippen molar-refractivity contribution in [1.29, 1.82) is 0 Å². The normalized spacial score (nSPS) is 14.1. The smallest absolute Gasteiger partial charge is 0.251 e. The van der Waals surface area contributed by atoms with Crippen molar-refractivity contribution in [3.05, 3.63) is 78.0 Å². The third-order valence-electron chi connectivity index (χ3n) is 4.96. The zero-order valence-corrected chi connectivity index (χ0v) is 15.8. The molecule has 1 aliphatic carbocycles. The number of amides is 1. The van der Waals surface area contributed by atoms with E-state index in [1.807, 2.05) is 47.2 Å². The van der Waals surface area contributed by atoms with Gasteiger partial charge in [-0.3, -0.25) is 4.79 Å². The van der Waals surface area contributed by atoms with Crippen LogP contribution in [-0.4, -0.2) is 26.5 Å². The fraction of sp³-hybridized carbons (Fsp3) is 0.318. The quantitative estimate of drug-likeness (QED) is 0.684. The molecule has 0 atom stereocenters. The van der Waals surface area contributed by atoms with E-state index in [0.717, 1.165) is 24.0 Å². The summed E-state index contributed by atoms with van der Waals surface area (Å²) in [4.78, 5) is 20.9. The Hall–Kier alpha value is -3.15. The van der Waals surface area contributed by atoms with Crippen LogP contribution >= 0.6 is 0 Å². The van der Waals surface area contributed by atoms with E-state index in [9.17, 15) is 4.79 Å². The van der Waals surface area contributed by atoms with Gasteiger partial charge in [0.05, 0.1) is 6.33 Å². The first-order valence-electron chi connectivity index (χ1n) is 9.71. The summed E-state index contributed by atoms with van der Waals surface area (Å²) >= 11 is 0. The van der Waals surface area contributed by atoms with Gasteiger partial charge in [0.1, 0.15) is 6.10 Å². The van der Waals surface area contributed by atoms with Crippen LogP contribution in [0.2, 0.25) is 0 Å². The largest absolute Gasteiger partial charge is 0.474 e. The van der Waals surface area contributed by atoms with Crippen LogP contribution in [0.25, 0.3) is 0 Å². The number of imidazole rings is 1. The first-order chi connectivity index (χ1) is 13.8. The van der Waals surface area contributed by atoms with Crippen LogP contribution in [0.1, 0.15) is 47.2 Å². The van der Waals surface area contributed by atoms with Gasteiger partial charge < -0.3 is 14.6 Å². The molecule has 0 aliphatic heterocycles. The van der Waals surface area contributed by atoms with Crippen LogP contribution in [0.4, 0.5) is 0 Å². The number of ether oxygens (including phenoxy) is 1. The van der Waals surface area contributed by atoms with Gasteiger partial charge in [0.15, 0.2) is 0 Å². The van der Waals surface area contributed by atoms with E-state index >= 15 is 0 Å². The third-order valence-corrected chi connectivity index (χ3v) is 4.96. The van der Waals surface area contributed by atoms with E-state index in [0.29, 0.717) is 24.5 Å². The van der Waals surface area contributed by atoms with Crippen molar-refractivity contribution in [3.63, 3.8) is 0 Å². The average molecular weight is 376 g/mol. The number of rotatable bonds is 7. The maximum absolute atomic E-state index is 12.6. The molecule has 0 spiro atoms. The molecule has 1 fully saturated rings. The first-order valence-corrected chi connectivity index (χ1v) is 9.71. The van der Waals surface area contributed by atoms with Crippen molar-refractivity contribution < 1.29 is 9.53 Å². The molecule has 1 saturated carbocycles. The first kappa shape index (κ1) is 18.2. The molecule has 6 heteroatoms. The summed E-state index contributed by atoms with van der Waals surface area (Å²) in [5.74, 6) is 0.545. The van der Waals surface area contributed by atoms with Gasteiger partial charge in [-0.25, -0.2) is 9.97 Å². The van der Waals surface area contributed by atoms with Crippen molar-refractivity contribution in [2.24, 2.45) is 0 Å². The maximum Gasteiger partial charge on any atom is 0.251 e. The average Bonchev–Trinajstić information content (AvgIpc) is 3.41. The Balaban J connectivity index is 1.35. The summed E-state index contributed by atoms with van der Waals surface area (Å²) in [6.07, 6.45) is 12.1. The van der Waals surface area contributed by atoms with Crippen LogP contribution in [0, 0.1) is 0 Å². The lowest BCUT2D eigenvalue weighted by atomic mass is 10.1. The molecule has 1 aromatic carbocycles. The van der Waals surface area contributed by atoms with Gasteiger partial charge >= 0.3 is 0 Å². The number of benzene rings is 1. The highest BCUT2D eigenvalue weighted by atomic mass is 16.5. The lowest BCUT2D eigenvalue weighted by Gasteiger charge is -2.13. The molecule has 6 nitrogen and oxygen atoms in total. The van der Waals surface area contributed by atoms with Gasteiger partial charge in [0.2, 0.25) is 5.88 Å². The number of pyridine rings is 1. The fourth-order valence-corrected chi connectivity index (χ4v) is 3.49. The molecule has 1 N–H and O–H groups in total. The highest BCUT2D eigenvalue weighted by molar-refractivity contribution is 5.94. The van der Waals surface area contributed by atoms with Gasteiger partial charge in [-0.15, -0.1) is 0 Å². The molecule has 3 aromatic rings. The SMILES string of the molecule is O=C(NCc1ccnc(OC2CCCC2)c1)c1cccc(Cn2ccnc2)c1. The standard InChI is InChI=1S/C22H24N4O2/c27-22(19-5-3-4-18(12-19)15-26-11-10-23-16-26)25-14-17-8-9-24-21(13-17)28-20-6-1-2-7-20/h3-5,8-13,16,20H,1-2,6-7,14-15H2,(H,25,27). The van der Waals surface area contributed by atoms with Crippen LogP contribution < -0.4 is 10.1 Å². The van der Waals surface area contributed by atoms with Gasteiger partial charge in [-0.05, 0) is 55.0 Å². The molecule has 0 saturated heterocycles. The van der Waals surface area contributed by atoms with Crippen LogP contribution in [0.15, 0.2) is 61.3 Å². The zero-order chi connectivity index (χ0) is 19.2. The molecule has 0 unspecified atom stereocenters. The molecule has 4 rings (SSSR count). The molecular weight excluding hydrogens is 352 g/mol. The lowest BCUT2D eigenvalue weighted by Crippen LogP contribution is -2.23. The Labute approximate surface area is 164 Å². The van der Waals surface area contributed by atoms with Crippen LogP contribution in [0.5, 0.6) is 5.88 Å². The lowest BCUT2D eigenvalue weighted by molar-refractivity contribution is 0.0950. The molecule has 0 radical (unpaired) electrons. The predicted octanol–water partition coefficient (Wildman–Crippen LogP) is 3.58. The molecule has 144 valence electrons. The maximum atomic E-state index is 12.6. The van der Waals surface area contributed by atoms with Crippen molar-refractivity contribution in [2.75, 3.05) is 0 Å². The zero-order valence-electron chi connectivity index (χ0n) is 15.8. The van der Waals surface area contributed by atoms with Gasteiger partial charge in [-0.2, -0.15) is 0 Å². The van der Waals surface area contributed by atoms with Gasteiger partial charge in [0.25, 0.3) is 5.91 Å². The number of nitrogens with one attached hydrogen (secondary N) is 1. The van der Waals surface area contributed by atoms with E-state index in [1.165, 1.54) is 12.8 Å². The number of hydrogen-bond donors (Lipinski definition) is 1. The molecule has 1 amide bonds. The number of aromatic nitrogens is 3. The molecule has 0 bridgehead atoms. The fourth-order valence-electron chi connectivity index (χ4n) is 3.49. The number of carbonyl (C=O) groups is 1. The van der Waals surface area contributed by atoms with Gasteiger partial charge in [-0.1, -0.05) is 12.1 Å². The second-order valence-electron chi connectivity index (χ2n) is 7.14. The van der Waals surface area contributed by atoms with Crippen molar-refractivity contribution >= 4 is 5.91 Å². The summed E-state index contributed by atoms with van der Waals surface area (Å²) in [5.41, 5.74) is 2.68. The minimum atomic E-state index is -0.0949. The molecule has 2 aromatic heterocycles. The van der Waals surface area contributed by atoms with Crippen LogP contribution in [0.3, 0.4) is 0 Å². The Bertz CT molecular complexity index is 918. The van der Waals surface area contributed by atoms with Crippen molar-refractivity contribution in [1.82, 2.24) is 19.9 Å². The van der Waals surface area contributed by atoms with E-state index in [2.05, 4.69) is 15.3 Å². The van der Waals surface area contributed by atoms with E-state index < -0.39 is 0 Å². The third kappa shape index (κ3) is 4.76. The Morgan fingerprint density at radius 3 is 2.86 bits per heavy atom. The Kier molecular flexibility index (Phi) is 5.66. The summed E-state index contributed by atoms with van der Waals surface area (Å²) in [6.45, 7) is 1.13. The second-order valence-corrected chi connectivity index (χ2v) is 7.14. The minimum absolute atomic E-state index is 0.0949. The summed E-state index contributed by atoms with van der Waals surface area (Å²) in [6, 6.07) is 11.5. The summed E-state index contributed by atoms with van der Waals surface area (Å²) in [5, 5.41) is 2.98. The Morgan fingerprint density at radius 2 is 2.04 bits per heavy atom. The molecular formula is C22H24N4O2. The molecule has 2 heterocycles. The highest BCUT2D eigenvalue weighted by Gasteiger charge is 2.17. The molecule has 1 aliphatic rings. The summed E-state index contributed by atoms with van der Waals surface area (Å²) < 4.78 is 7.91. The number of nitrogens with zero attached hydrogens (tertiary/aromatic N) is 3. The monoisotopic (exact) mass is 376 g/mol. The van der Waals surface area contributed by atoms with E-state index in [-0.39, 0.29) is 12.0 Å². The molecule has 28 heavy (non-hydrogen) atoms. The van der Waals surface area contributed by atoms with Crippen molar-refractivity contribution in [3.8, 4) is 5.88 Å². The second kappa shape index (κ2) is 8.69. The van der Waals surface area contributed by atoms with Gasteiger partial charge in [0, 0.05) is 43.3 Å². The van der Waals surface area contributed by atoms with E-state index in [1.54, 1.807) is 18.7 Å². The highest BCUT2D eigenvalue weighted by Crippen LogP contribution is 2.23. The van der Waals surface area contributed by atoms with Crippen molar-refractivity contribution in [2.45, 2.75) is 44.9 Å². The van der Waals surface area contributed by atoms with Crippen LogP contribution in [-0.2, 0) is 13.1 Å². The topological polar surface area (TPSA) is 69.0 Å². The number of hydrogen-bond acceptors (Lipinski definition) is 4. The van der Waals surface area contributed by atoms with E-state index in [4.69, 9.17) is 4.74 Å². The Morgan fingerprint density at radius 1 is 1.14 bits per heavy atom.